The monoisotopic (exact) mass is 301 g/mol. The Morgan fingerprint density at radius 3 is 2.68 bits per heavy atom. The van der Waals surface area contributed by atoms with Crippen molar-refractivity contribution in [1.82, 2.24) is 9.88 Å². The second-order valence-electron chi connectivity index (χ2n) is 5.48. The fourth-order valence-electron chi connectivity index (χ4n) is 2.21. The molecule has 0 aliphatic carbocycles. The number of aryl methyl sites for hydroxylation is 2. The molecule has 0 aliphatic rings. The van der Waals surface area contributed by atoms with Crippen LogP contribution in [-0.2, 0) is 11.2 Å². The number of aromatic nitrogens is 1. The molecule has 0 spiro atoms. The van der Waals surface area contributed by atoms with Crippen molar-refractivity contribution in [3.8, 4) is 11.3 Å². The highest BCUT2D eigenvalue weighted by molar-refractivity contribution is 5.76. The Morgan fingerprint density at radius 1 is 1.36 bits per heavy atom. The molecule has 0 saturated carbocycles. The largest absolute Gasteiger partial charge is 0.440 e. The number of carbonyl (C=O) groups is 1. The van der Waals surface area contributed by atoms with Crippen LogP contribution < -0.4 is 5.73 Å². The van der Waals surface area contributed by atoms with Gasteiger partial charge in [-0.2, -0.15) is 0 Å². The van der Waals surface area contributed by atoms with Crippen LogP contribution in [0.2, 0.25) is 0 Å². The van der Waals surface area contributed by atoms with Gasteiger partial charge in [-0.1, -0.05) is 30.3 Å². The number of nitrogens with two attached hydrogens (primary N) is 1. The maximum atomic E-state index is 12.1. The van der Waals surface area contributed by atoms with Gasteiger partial charge in [-0.15, -0.1) is 0 Å². The molecule has 2 aromatic rings. The summed E-state index contributed by atoms with van der Waals surface area (Å²) in [6, 6.07) is 9.90. The zero-order valence-electron chi connectivity index (χ0n) is 13.4. The fraction of sp³-hybridized carbons (Fsp3) is 0.412. The summed E-state index contributed by atoms with van der Waals surface area (Å²) >= 11 is 0. The summed E-state index contributed by atoms with van der Waals surface area (Å²) in [4.78, 5) is 18.2. The van der Waals surface area contributed by atoms with Crippen molar-refractivity contribution in [1.29, 1.82) is 0 Å². The number of nitrogens with zero attached hydrogens (tertiary/aromatic N) is 2. The van der Waals surface area contributed by atoms with Gasteiger partial charge in [0.15, 0.2) is 11.7 Å². The van der Waals surface area contributed by atoms with Crippen LogP contribution in [0.3, 0.4) is 0 Å². The number of rotatable bonds is 6. The van der Waals surface area contributed by atoms with Crippen molar-refractivity contribution in [2.75, 3.05) is 13.6 Å². The van der Waals surface area contributed by atoms with E-state index in [2.05, 4.69) is 4.98 Å². The van der Waals surface area contributed by atoms with E-state index in [0.717, 1.165) is 17.0 Å². The van der Waals surface area contributed by atoms with Crippen molar-refractivity contribution >= 4 is 5.91 Å². The zero-order chi connectivity index (χ0) is 16.1. The van der Waals surface area contributed by atoms with Gasteiger partial charge in [0.05, 0.1) is 5.69 Å². The van der Waals surface area contributed by atoms with Gasteiger partial charge in [0, 0.05) is 38.0 Å². The summed E-state index contributed by atoms with van der Waals surface area (Å²) in [7, 11) is 1.77. The summed E-state index contributed by atoms with van der Waals surface area (Å²) in [5.74, 6) is 1.42. The summed E-state index contributed by atoms with van der Waals surface area (Å²) in [6.07, 6.45) is 0.864. The molecule has 0 aliphatic heterocycles. The standard InChI is InChI=1S/C17H23N3O2/c1-12(11-18)20(3)16(21)10-9-15-19-13(2)17(22-15)14-7-5-4-6-8-14/h4-8,12H,9-11,18H2,1-3H3. The van der Waals surface area contributed by atoms with Crippen LogP contribution in [0, 0.1) is 6.92 Å². The lowest BCUT2D eigenvalue weighted by molar-refractivity contribution is -0.131. The van der Waals surface area contributed by atoms with Gasteiger partial charge in [-0.05, 0) is 13.8 Å². The molecule has 118 valence electrons. The number of oxazole rings is 1. The first-order chi connectivity index (χ1) is 10.5. The Balaban J connectivity index is 2.02. The maximum absolute atomic E-state index is 12.1. The van der Waals surface area contributed by atoms with Gasteiger partial charge in [-0.25, -0.2) is 4.98 Å². The molecule has 2 N–H and O–H groups in total. The Labute approximate surface area is 131 Å². The molecule has 1 amide bonds. The molecule has 0 radical (unpaired) electrons. The van der Waals surface area contributed by atoms with Crippen LogP contribution in [0.5, 0.6) is 0 Å². The minimum absolute atomic E-state index is 0.0404. The highest BCUT2D eigenvalue weighted by Crippen LogP contribution is 2.24. The fourth-order valence-corrected chi connectivity index (χ4v) is 2.21. The molecule has 1 atom stereocenters. The van der Waals surface area contributed by atoms with E-state index in [1.54, 1.807) is 11.9 Å². The number of hydrogen-bond donors (Lipinski definition) is 1. The molecule has 22 heavy (non-hydrogen) atoms. The number of hydrogen-bond acceptors (Lipinski definition) is 4. The summed E-state index contributed by atoms with van der Waals surface area (Å²) in [5, 5.41) is 0. The average Bonchev–Trinajstić information content (AvgIpc) is 2.92. The lowest BCUT2D eigenvalue weighted by Crippen LogP contribution is -2.39. The molecule has 1 unspecified atom stereocenters. The van der Waals surface area contributed by atoms with E-state index >= 15 is 0 Å². The Bertz CT molecular complexity index is 622. The highest BCUT2D eigenvalue weighted by Gasteiger charge is 2.17. The number of likely N-dealkylation sites (N-methyl/N-ethyl adjacent to an activating group) is 1. The summed E-state index contributed by atoms with van der Waals surface area (Å²) in [5.41, 5.74) is 7.42. The van der Waals surface area contributed by atoms with Crippen LogP contribution >= 0.6 is 0 Å². The molecule has 2 rings (SSSR count). The van der Waals surface area contributed by atoms with Crippen molar-refractivity contribution in [3.05, 3.63) is 41.9 Å². The minimum Gasteiger partial charge on any atom is -0.440 e. The highest BCUT2D eigenvalue weighted by atomic mass is 16.4. The van der Waals surface area contributed by atoms with E-state index in [9.17, 15) is 4.79 Å². The first-order valence-corrected chi connectivity index (χ1v) is 7.50. The van der Waals surface area contributed by atoms with E-state index in [1.165, 1.54) is 0 Å². The predicted octanol–water partition coefficient (Wildman–Crippen LogP) is 2.39. The third-order valence-electron chi connectivity index (χ3n) is 3.83. The normalized spacial score (nSPS) is 12.2. The lowest BCUT2D eigenvalue weighted by atomic mass is 10.1. The Kier molecular flexibility index (Phi) is 5.33. The van der Waals surface area contributed by atoms with Gasteiger partial charge < -0.3 is 15.1 Å². The predicted molar refractivity (Wildman–Crippen MR) is 86.3 cm³/mol. The van der Waals surface area contributed by atoms with Crippen molar-refractivity contribution < 1.29 is 9.21 Å². The third kappa shape index (κ3) is 3.74. The molecule has 1 aromatic carbocycles. The van der Waals surface area contributed by atoms with E-state index in [-0.39, 0.29) is 11.9 Å². The lowest BCUT2D eigenvalue weighted by Gasteiger charge is -2.23. The minimum atomic E-state index is 0.0404. The molecular formula is C17H23N3O2. The average molecular weight is 301 g/mol. The van der Waals surface area contributed by atoms with E-state index in [4.69, 9.17) is 10.2 Å². The molecule has 0 saturated heterocycles. The first-order valence-electron chi connectivity index (χ1n) is 7.50. The molecule has 1 heterocycles. The molecular weight excluding hydrogens is 278 g/mol. The van der Waals surface area contributed by atoms with Gasteiger partial charge in [0.2, 0.25) is 5.91 Å². The number of amides is 1. The van der Waals surface area contributed by atoms with Crippen LogP contribution in [0.25, 0.3) is 11.3 Å². The SMILES string of the molecule is Cc1nc(CCC(=O)N(C)C(C)CN)oc1-c1ccccc1. The first kappa shape index (κ1) is 16.2. The van der Waals surface area contributed by atoms with E-state index in [0.29, 0.717) is 25.3 Å². The van der Waals surface area contributed by atoms with Gasteiger partial charge >= 0.3 is 0 Å². The number of benzene rings is 1. The van der Waals surface area contributed by atoms with Gasteiger partial charge in [0.1, 0.15) is 0 Å². The Morgan fingerprint density at radius 2 is 2.05 bits per heavy atom. The van der Waals surface area contributed by atoms with E-state index in [1.807, 2.05) is 44.2 Å². The number of carbonyl (C=O) groups excluding carboxylic acids is 1. The smallest absolute Gasteiger partial charge is 0.223 e. The van der Waals surface area contributed by atoms with Crippen molar-refractivity contribution in [2.24, 2.45) is 5.73 Å². The molecule has 0 bridgehead atoms. The molecule has 0 fully saturated rings. The second kappa shape index (κ2) is 7.22. The molecule has 5 heteroatoms. The third-order valence-corrected chi connectivity index (χ3v) is 3.83. The topological polar surface area (TPSA) is 72.4 Å². The van der Waals surface area contributed by atoms with Crippen LogP contribution in [0.4, 0.5) is 0 Å². The molecule has 1 aromatic heterocycles. The van der Waals surface area contributed by atoms with Crippen LogP contribution in [0.15, 0.2) is 34.7 Å². The second-order valence-corrected chi connectivity index (χ2v) is 5.48. The van der Waals surface area contributed by atoms with Crippen molar-refractivity contribution in [3.63, 3.8) is 0 Å². The molecule has 5 nitrogen and oxygen atoms in total. The zero-order valence-corrected chi connectivity index (χ0v) is 13.4. The summed E-state index contributed by atoms with van der Waals surface area (Å²) in [6.45, 7) is 4.30. The van der Waals surface area contributed by atoms with E-state index < -0.39 is 0 Å². The van der Waals surface area contributed by atoms with Crippen LogP contribution in [0.1, 0.15) is 24.9 Å². The quantitative estimate of drug-likeness (QED) is 0.889. The Hall–Kier alpha value is -2.14. The van der Waals surface area contributed by atoms with Crippen LogP contribution in [-0.4, -0.2) is 35.4 Å². The maximum Gasteiger partial charge on any atom is 0.223 e. The van der Waals surface area contributed by atoms with Gasteiger partial charge in [0.25, 0.3) is 0 Å². The summed E-state index contributed by atoms with van der Waals surface area (Å²) < 4.78 is 5.81. The van der Waals surface area contributed by atoms with Gasteiger partial charge in [-0.3, -0.25) is 4.79 Å². The van der Waals surface area contributed by atoms with Crippen molar-refractivity contribution in [2.45, 2.75) is 32.7 Å².